The smallest absolute Gasteiger partial charge is 0.355 e. The van der Waals surface area contributed by atoms with Crippen molar-refractivity contribution in [2.45, 2.75) is 11.8 Å². The summed E-state index contributed by atoms with van der Waals surface area (Å²) in [6.07, 6.45) is 1.32. The van der Waals surface area contributed by atoms with E-state index >= 15 is 0 Å². The van der Waals surface area contributed by atoms with Crippen LogP contribution in [0.3, 0.4) is 0 Å². The number of halogens is 1. The molecule has 0 saturated heterocycles. The summed E-state index contributed by atoms with van der Waals surface area (Å²) in [6.45, 7) is 1.86. The van der Waals surface area contributed by atoms with Gasteiger partial charge in [-0.25, -0.2) is 17.2 Å². The first kappa shape index (κ1) is 14.8. The molecule has 1 heterocycles. The minimum atomic E-state index is -3.83. The SMILES string of the molecule is COC(=O)c1cc(Br)cn1S(=O)(=O)c1ccc(C)cc1. The van der Waals surface area contributed by atoms with Crippen LogP contribution in [0.4, 0.5) is 0 Å². The van der Waals surface area contributed by atoms with Gasteiger partial charge in [0.25, 0.3) is 10.0 Å². The number of carbonyl (C=O) groups excluding carboxylic acids is 1. The average molecular weight is 358 g/mol. The van der Waals surface area contributed by atoms with Gasteiger partial charge in [-0.3, -0.25) is 0 Å². The number of hydrogen-bond donors (Lipinski definition) is 0. The van der Waals surface area contributed by atoms with Gasteiger partial charge >= 0.3 is 5.97 Å². The Hall–Kier alpha value is -1.60. The Balaban J connectivity index is 2.60. The number of methoxy groups -OCH3 is 1. The van der Waals surface area contributed by atoms with E-state index in [1.807, 2.05) is 6.92 Å². The average Bonchev–Trinajstić information content (AvgIpc) is 2.81. The van der Waals surface area contributed by atoms with E-state index in [-0.39, 0.29) is 10.6 Å². The topological polar surface area (TPSA) is 65.4 Å². The highest BCUT2D eigenvalue weighted by Gasteiger charge is 2.24. The number of rotatable bonds is 3. The van der Waals surface area contributed by atoms with Crippen molar-refractivity contribution in [1.29, 1.82) is 0 Å². The number of benzene rings is 1. The molecule has 0 aliphatic carbocycles. The van der Waals surface area contributed by atoms with E-state index in [9.17, 15) is 13.2 Å². The number of esters is 1. The minimum Gasteiger partial charge on any atom is -0.464 e. The van der Waals surface area contributed by atoms with Crippen LogP contribution in [0.15, 0.2) is 45.9 Å². The lowest BCUT2D eigenvalue weighted by molar-refractivity contribution is 0.0593. The first-order valence-corrected chi connectivity index (χ1v) is 7.88. The van der Waals surface area contributed by atoms with Crippen LogP contribution in [0.5, 0.6) is 0 Å². The predicted molar refractivity (Wildman–Crippen MR) is 77.2 cm³/mol. The Morgan fingerprint density at radius 2 is 1.85 bits per heavy atom. The lowest BCUT2D eigenvalue weighted by Crippen LogP contribution is -2.18. The van der Waals surface area contributed by atoms with E-state index in [0.29, 0.717) is 4.47 Å². The Morgan fingerprint density at radius 3 is 2.40 bits per heavy atom. The fraction of sp³-hybridized carbons (Fsp3) is 0.154. The van der Waals surface area contributed by atoms with Crippen LogP contribution in [0.2, 0.25) is 0 Å². The molecule has 0 fully saturated rings. The summed E-state index contributed by atoms with van der Waals surface area (Å²) in [5.74, 6) is -0.716. The number of carbonyl (C=O) groups is 1. The quantitative estimate of drug-likeness (QED) is 0.791. The molecule has 0 aliphatic rings. The molecular weight excluding hydrogens is 346 g/mol. The number of ether oxygens (including phenoxy) is 1. The molecule has 0 aliphatic heterocycles. The molecule has 0 unspecified atom stereocenters. The Kier molecular flexibility index (Phi) is 4.01. The molecular formula is C13H12BrNO4S. The fourth-order valence-electron chi connectivity index (χ4n) is 1.69. The van der Waals surface area contributed by atoms with Crippen molar-refractivity contribution >= 4 is 31.9 Å². The molecule has 0 saturated carbocycles. The summed E-state index contributed by atoms with van der Waals surface area (Å²) in [4.78, 5) is 11.8. The maximum atomic E-state index is 12.5. The number of hydrogen-bond acceptors (Lipinski definition) is 4. The van der Waals surface area contributed by atoms with Crippen LogP contribution in [0.1, 0.15) is 16.1 Å². The van der Waals surface area contributed by atoms with Crippen molar-refractivity contribution in [1.82, 2.24) is 3.97 Å². The number of aryl methyl sites for hydroxylation is 1. The maximum absolute atomic E-state index is 12.5. The van der Waals surface area contributed by atoms with Crippen molar-refractivity contribution in [3.8, 4) is 0 Å². The molecule has 2 aromatic rings. The summed E-state index contributed by atoms with van der Waals surface area (Å²) >= 11 is 3.16. The van der Waals surface area contributed by atoms with E-state index < -0.39 is 16.0 Å². The molecule has 0 N–H and O–H groups in total. The fourth-order valence-corrected chi connectivity index (χ4v) is 3.59. The van der Waals surface area contributed by atoms with Gasteiger partial charge in [0.15, 0.2) is 0 Å². The molecule has 1 aromatic carbocycles. The van der Waals surface area contributed by atoms with Crippen LogP contribution >= 0.6 is 15.9 Å². The Morgan fingerprint density at radius 1 is 1.25 bits per heavy atom. The summed E-state index contributed by atoms with van der Waals surface area (Å²) in [5, 5.41) is 0. The zero-order valence-corrected chi connectivity index (χ0v) is 13.2. The van der Waals surface area contributed by atoms with Gasteiger partial charge in [-0.15, -0.1) is 0 Å². The summed E-state index contributed by atoms with van der Waals surface area (Å²) in [6, 6.07) is 7.79. The Bertz CT molecular complexity index is 747. The first-order valence-electron chi connectivity index (χ1n) is 5.64. The molecule has 106 valence electrons. The standard InChI is InChI=1S/C13H12BrNO4S/c1-9-3-5-11(6-4-9)20(17,18)15-8-10(14)7-12(15)13(16)19-2/h3-8H,1-2H3. The van der Waals surface area contributed by atoms with Gasteiger partial charge in [-0.05, 0) is 41.1 Å². The van der Waals surface area contributed by atoms with Gasteiger partial charge in [-0.1, -0.05) is 17.7 Å². The van der Waals surface area contributed by atoms with E-state index in [0.717, 1.165) is 9.54 Å². The molecule has 7 heteroatoms. The van der Waals surface area contributed by atoms with Crippen molar-refractivity contribution < 1.29 is 17.9 Å². The second-order valence-corrected chi connectivity index (χ2v) is 6.88. The van der Waals surface area contributed by atoms with Crippen molar-refractivity contribution in [3.63, 3.8) is 0 Å². The molecule has 0 bridgehead atoms. The van der Waals surface area contributed by atoms with Crippen molar-refractivity contribution in [3.05, 3.63) is 52.3 Å². The van der Waals surface area contributed by atoms with E-state index in [4.69, 9.17) is 0 Å². The van der Waals surface area contributed by atoms with Gasteiger partial charge in [-0.2, -0.15) is 0 Å². The van der Waals surface area contributed by atoms with Gasteiger partial charge in [0.2, 0.25) is 0 Å². The van der Waals surface area contributed by atoms with Crippen LogP contribution in [0.25, 0.3) is 0 Å². The third-order valence-corrected chi connectivity index (χ3v) is 4.85. The largest absolute Gasteiger partial charge is 0.464 e. The van der Waals surface area contributed by atoms with Crippen LogP contribution < -0.4 is 0 Å². The third kappa shape index (κ3) is 2.64. The van der Waals surface area contributed by atoms with Crippen LogP contribution in [-0.4, -0.2) is 25.5 Å². The zero-order chi connectivity index (χ0) is 14.9. The molecule has 5 nitrogen and oxygen atoms in total. The second kappa shape index (κ2) is 5.41. The first-order chi connectivity index (χ1) is 9.36. The van der Waals surface area contributed by atoms with Gasteiger partial charge in [0, 0.05) is 10.7 Å². The molecule has 0 amide bonds. The van der Waals surface area contributed by atoms with E-state index in [2.05, 4.69) is 20.7 Å². The monoisotopic (exact) mass is 357 g/mol. The highest BCUT2D eigenvalue weighted by molar-refractivity contribution is 9.10. The van der Waals surface area contributed by atoms with Crippen LogP contribution in [-0.2, 0) is 14.8 Å². The normalized spacial score (nSPS) is 11.3. The van der Waals surface area contributed by atoms with E-state index in [1.165, 1.54) is 31.5 Å². The molecule has 1 aromatic heterocycles. The third-order valence-electron chi connectivity index (χ3n) is 2.72. The van der Waals surface area contributed by atoms with Crippen LogP contribution in [0, 0.1) is 6.92 Å². The summed E-state index contributed by atoms with van der Waals surface area (Å²) in [5.41, 5.74) is 0.894. The van der Waals surface area contributed by atoms with Gasteiger partial charge in [0.05, 0.1) is 12.0 Å². The minimum absolute atomic E-state index is 0.0556. The predicted octanol–water partition coefficient (Wildman–Crippen LogP) is 2.58. The van der Waals surface area contributed by atoms with Gasteiger partial charge in [0.1, 0.15) is 5.69 Å². The van der Waals surface area contributed by atoms with Gasteiger partial charge < -0.3 is 4.74 Å². The molecule has 2 rings (SSSR count). The highest BCUT2D eigenvalue weighted by Crippen LogP contribution is 2.22. The Labute approximate surface area is 125 Å². The van der Waals surface area contributed by atoms with Crippen molar-refractivity contribution in [2.24, 2.45) is 0 Å². The molecule has 0 radical (unpaired) electrons. The number of aromatic nitrogens is 1. The molecule has 0 spiro atoms. The lowest BCUT2D eigenvalue weighted by atomic mass is 10.2. The van der Waals surface area contributed by atoms with E-state index in [1.54, 1.807) is 12.1 Å². The molecule has 0 atom stereocenters. The summed E-state index contributed by atoms with van der Waals surface area (Å²) in [7, 11) is -2.63. The van der Waals surface area contributed by atoms with Crippen molar-refractivity contribution in [2.75, 3.05) is 7.11 Å². The lowest BCUT2D eigenvalue weighted by Gasteiger charge is -2.09. The highest BCUT2D eigenvalue weighted by atomic mass is 79.9. The molecule has 20 heavy (non-hydrogen) atoms. The zero-order valence-electron chi connectivity index (χ0n) is 10.8. The number of nitrogens with zero attached hydrogens (tertiary/aromatic N) is 1. The summed E-state index contributed by atoms with van der Waals surface area (Å²) < 4.78 is 31.1. The maximum Gasteiger partial charge on any atom is 0.355 e. The second-order valence-electron chi connectivity index (χ2n) is 4.15.